The smallest absolute Gasteiger partial charge is 0.177 e. The van der Waals surface area contributed by atoms with E-state index in [0.29, 0.717) is 12.2 Å². The fraction of sp³-hybridized carbons (Fsp3) is 0.889. The van der Waals surface area contributed by atoms with Crippen LogP contribution >= 0.6 is 0 Å². The molecule has 0 aliphatic carbocycles. The van der Waals surface area contributed by atoms with Crippen LogP contribution in [0.25, 0.3) is 0 Å². The lowest BCUT2D eigenvalue weighted by Crippen LogP contribution is -2.42. The zero-order valence-corrected chi connectivity index (χ0v) is 9.44. The van der Waals surface area contributed by atoms with E-state index in [2.05, 4.69) is 15.4 Å². The average molecular weight is 198 g/mol. The summed E-state index contributed by atoms with van der Waals surface area (Å²) >= 11 is 0. The number of rotatable bonds is 2. The molecule has 1 heterocycles. The summed E-state index contributed by atoms with van der Waals surface area (Å²) in [4.78, 5) is 1.40. The Kier molecular flexibility index (Phi) is 2.63. The molecule has 1 rings (SSSR count). The van der Waals surface area contributed by atoms with Crippen molar-refractivity contribution in [2.24, 2.45) is 12.5 Å². The number of tetrazole rings is 1. The molecule has 5 nitrogen and oxygen atoms in total. The van der Waals surface area contributed by atoms with Crippen molar-refractivity contribution in [2.45, 2.75) is 39.7 Å². The Morgan fingerprint density at radius 3 is 2.21 bits per heavy atom. The molecule has 0 bridgehead atoms. The first-order valence-electron chi connectivity index (χ1n) is 4.68. The molecule has 1 aromatic heterocycles. The maximum atomic E-state index is 10.2. The monoisotopic (exact) mass is 198 g/mol. The second-order valence-corrected chi connectivity index (χ2v) is 4.90. The Balaban J connectivity index is 2.78. The first-order valence-corrected chi connectivity index (χ1v) is 4.68. The topological polar surface area (TPSA) is 63.8 Å². The molecule has 0 spiro atoms. The fourth-order valence-electron chi connectivity index (χ4n) is 0.967. The summed E-state index contributed by atoms with van der Waals surface area (Å²) in [5.74, 6) is 0.576. The van der Waals surface area contributed by atoms with E-state index in [0.717, 1.165) is 0 Å². The maximum absolute atomic E-state index is 10.2. The van der Waals surface area contributed by atoms with Gasteiger partial charge in [0.1, 0.15) is 0 Å². The molecule has 0 amide bonds. The molecule has 0 saturated carbocycles. The molecule has 1 unspecified atom stereocenters. The molecular formula is C9H18N4O. The van der Waals surface area contributed by atoms with E-state index in [-0.39, 0.29) is 5.41 Å². The van der Waals surface area contributed by atoms with Crippen LogP contribution in [-0.4, -0.2) is 30.9 Å². The SMILES string of the molecule is Cn1nnc(CC(C)(O)C(C)(C)C)n1. The second kappa shape index (κ2) is 3.31. The molecule has 0 radical (unpaired) electrons. The van der Waals surface area contributed by atoms with Gasteiger partial charge < -0.3 is 5.11 Å². The molecule has 80 valence electrons. The van der Waals surface area contributed by atoms with Crippen LogP contribution in [0.1, 0.15) is 33.5 Å². The molecule has 14 heavy (non-hydrogen) atoms. The number of hydrogen-bond donors (Lipinski definition) is 1. The van der Waals surface area contributed by atoms with Gasteiger partial charge in [0.25, 0.3) is 0 Å². The molecule has 0 aliphatic heterocycles. The van der Waals surface area contributed by atoms with Crippen molar-refractivity contribution in [3.05, 3.63) is 5.82 Å². The highest BCUT2D eigenvalue weighted by molar-refractivity contribution is 4.95. The average Bonchev–Trinajstić information content (AvgIpc) is 2.31. The number of aromatic nitrogens is 4. The van der Waals surface area contributed by atoms with Gasteiger partial charge in [0.15, 0.2) is 5.82 Å². The van der Waals surface area contributed by atoms with Crippen molar-refractivity contribution < 1.29 is 5.11 Å². The lowest BCUT2D eigenvalue weighted by Gasteiger charge is -2.36. The molecule has 1 atom stereocenters. The van der Waals surface area contributed by atoms with Crippen LogP contribution in [0.4, 0.5) is 0 Å². The zero-order valence-electron chi connectivity index (χ0n) is 9.44. The number of nitrogens with zero attached hydrogens (tertiary/aromatic N) is 4. The molecule has 1 aromatic rings. The molecule has 5 heteroatoms. The van der Waals surface area contributed by atoms with Gasteiger partial charge in [-0.3, -0.25) is 0 Å². The summed E-state index contributed by atoms with van der Waals surface area (Å²) < 4.78 is 0. The Morgan fingerprint density at radius 2 is 1.86 bits per heavy atom. The Morgan fingerprint density at radius 1 is 1.29 bits per heavy atom. The van der Waals surface area contributed by atoms with Crippen molar-refractivity contribution in [1.82, 2.24) is 20.2 Å². The normalized spacial score (nSPS) is 16.7. The minimum Gasteiger partial charge on any atom is -0.389 e. The van der Waals surface area contributed by atoms with Crippen LogP contribution in [0, 0.1) is 5.41 Å². The Labute approximate surface area is 84.1 Å². The minimum atomic E-state index is -0.823. The highest BCUT2D eigenvalue weighted by Gasteiger charge is 2.36. The van der Waals surface area contributed by atoms with Gasteiger partial charge in [0, 0.05) is 6.42 Å². The van der Waals surface area contributed by atoms with Gasteiger partial charge in [0.2, 0.25) is 0 Å². The summed E-state index contributed by atoms with van der Waals surface area (Å²) in [6, 6.07) is 0. The van der Waals surface area contributed by atoms with Crippen LogP contribution < -0.4 is 0 Å². The second-order valence-electron chi connectivity index (χ2n) is 4.90. The van der Waals surface area contributed by atoms with Crippen molar-refractivity contribution in [3.63, 3.8) is 0 Å². The van der Waals surface area contributed by atoms with Crippen LogP contribution in [0.3, 0.4) is 0 Å². The lowest BCUT2D eigenvalue weighted by atomic mass is 9.76. The Bertz CT molecular complexity index is 311. The molecular weight excluding hydrogens is 180 g/mol. The third-order valence-electron chi connectivity index (χ3n) is 2.67. The quantitative estimate of drug-likeness (QED) is 0.753. The van der Waals surface area contributed by atoms with Gasteiger partial charge in [-0.1, -0.05) is 20.8 Å². The third kappa shape index (κ3) is 2.29. The molecule has 0 saturated heterocycles. The first kappa shape index (κ1) is 11.1. The highest BCUT2D eigenvalue weighted by Crippen LogP contribution is 2.31. The lowest BCUT2D eigenvalue weighted by molar-refractivity contribution is -0.0420. The van der Waals surface area contributed by atoms with Crippen molar-refractivity contribution in [3.8, 4) is 0 Å². The summed E-state index contributed by atoms with van der Waals surface area (Å²) in [7, 11) is 1.71. The van der Waals surface area contributed by atoms with E-state index < -0.39 is 5.60 Å². The highest BCUT2D eigenvalue weighted by atomic mass is 16.3. The number of hydrogen-bond acceptors (Lipinski definition) is 4. The van der Waals surface area contributed by atoms with Gasteiger partial charge in [-0.2, -0.15) is 4.80 Å². The van der Waals surface area contributed by atoms with Crippen LogP contribution in [0.2, 0.25) is 0 Å². The fourth-order valence-corrected chi connectivity index (χ4v) is 0.967. The van der Waals surface area contributed by atoms with E-state index in [4.69, 9.17) is 0 Å². The molecule has 0 aliphatic rings. The van der Waals surface area contributed by atoms with Crippen molar-refractivity contribution in [1.29, 1.82) is 0 Å². The van der Waals surface area contributed by atoms with Gasteiger partial charge in [0.05, 0.1) is 12.6 Å². The number of aryl methyl sites for hydroxylation is 1. The Hall–Kier alpha value is -0.970. The first-order chi connectivity index (χ1) is 6.22. The van der Waals surface area contributed by atoms with E-state index in [1.807, 2.05) is 20.8 Å². The van der Waals surface area contributed by atoms with E-state index >= 15 is 0 Å². The standard InChI is InChI=1S/C9H18N4O/c1-8(2,3)9(4,14)6-7-10-12-13(5)11-7/h14H,6H2,1-5H3. The van der Waals surface area contributed by atoms with Gasteiger partial charge >= 0.3 is 0 Å². The van der Waals surface area contributed by atoms with Gasteiger partial charge in [-0.15, -0.1) is 10.2 Å². The predicted molar refractivity (Wildman–Crippen MR) is 52.6 cm³/mol. The van der Waals surface area contributed by atoms with Crippen LogP contribution in [-0.2, 0) is 13.5 Å². The van der Waals surface area contributed by atoms with E-state index in [9.17, 15) is 5.11 Å². The summed E-state index contributed by atoms with van der Waals surface area (Å²) in [5.41, 5.74) is -1.03. The molecule has 1 N–H and O–H groups in total. The van der Waals surface area contributed by atoms with E-state index in [1.165, 1.54) is 4.80 Å². The van der Waals surface area contributed by atoms with Crippen LogP contribution in [0.5, 0.6) is 0 Å². The summed E-state index contributed by atoms with van der Waals surface area (Å²) in [6.07, 6.45) is 0.421. The van der Waals surface area contributed by atoms with Gasteiger partial charge in [-0.25, -0.2) is 0 Å². The predicted octanol–water partition coefficient (Wildman–Crippen LogP) is 0.550. The van der Waals surface area contributed by atoms with Gasteiger partial charge in [-0.05, 0) is 17.6 Å². The van der Waals surface area contributed by atoms with E-state index in [1.54, 1.807) is 14.0 Å². The van der Waals surface area contributed by atoms with Crippen molar-refractivity contribution in [2.75, 3.05) is 0 Å². The van der Waals surface area contributed by atoms with Crippen molar-refractivity contribution >= 4 is 0 Å². The number of aliphatic hydroxyl groups is 1. The molecule has 0 fully saturated rings. The zero-order chi connectivity index (χ0) is 11.0. The summed E-state index contributed by atoms with van der Waals surface area (Å²) in [5, 5.41) is 21.8. The molecule has 0 aromatic carbocycles. The third-order valence-corrected chi connectivity index (χ3v) is 2.67. The maximum Gasteiger partial charge on any atom is 0.177 e. The largest absolute Gasteiger partial charge is 0.389 e. The summed E-state index contributed by atoms with van der Waals surface area (Å²) in [6.45, 7) is 7.76. The van der Waals surface area contributed by atoms with Crippen LogP contribution in [0.15, 0.2) is 0 Å². The minimum absolute atomic E-state index is 0.202.